The molecule has 7 nitrogen and oxygen atoms in total. The molecule has 0 bridgehead atoms. The first-order chi connectivity index (χ1) is 13.6. The van der Waals surface area contributed by atoms with Crippen LogP contribution >= 0.6 is 0 Å². The molecule has 0 unspecified atom stereocenters. The summed E-state index contributed by atoms with van der Waals surface area (Å²) in [7, 11) is 0. The van der Waals surface area contributed by atoms with Crippen LogP contribution in [0.3, 0.4) is 0 Å². The maximum Gasteiger partial charge on any atom is 0.267 e. The molecule has 1 N–H and O–H groups in total. The van der Waals surface area contributed by atoms with E-state index in [-0.39, 0.29) is 18.0 Å². The maximum atomic E-state index is 12.5. The van der Waals surface area contributed by atoms with Crippen molar-refractivity contribution in [3.8, 4) is 11.3 Å². The number of aryl methyl sites for hydroxylation is 1. The average molecular weight is 371 g/mol. The van der Waals surface area contributed by atoms with Crippen molar-refractivity contribution >= 4 is 22.5 Å². The van der Waals surface area contributed by atoms with E-state index in [4.69, 9.17) is 0 Å². The minimum Gasteiger partial charge on any atom is -0.324 e. The molecule has 3 aromatic heterocycles. The Labute approximate surface area is 160 Å². The summed E-state index contributed by atoms with van der Waals surface area (Å²) < 4.78 is 1.14. The Balaban J connectivity index is 1.59. The Morgan fingerprint density at radius 3 is 2.79 bits per heavy atom. The summed E-state index contributed by atoms with van der Waals surface area (Å²) in [6.45, 7) is 1.72. The second-order valence-corrected chi connectivity index (χ2v) is 6.33. The van der Waals surface area contributed by atoms with E-state index in [9.17, 15) is 9.59 Å². The first kappa shape index (κ1) is 17.5. The minimum absolute atomic E-state index is 0.192. The van der Waals surface area contributed by atoms with Crippen LogP contribution in [0.5, 0.6) is 0 Å². The van der Waals surface area contributed by atoms with Gasteiger partial charge in [-0.1, -0.05) is 6.07 Å². The molecule has 0 aliphatic heterocycles. The highest BCUT2D eigenvalue weighted by Gasteiger charge is 2.10. The van der Waals surface area contributed by atoms with Gasteiger partial charge in [-0.15, -0.1) is 0 Å². The molecule has 0 saturated carbocycles. The summed E-state index contributed by atoms with van der Waals surface area (Å²) in [4.78, 5) is 33.2. The fourth-order valence-electron chi connectivity index (χ4n) is 2.92. The summed E-state index contributed by atoms with van der Waals surface area (Å²) in [5, 5.41) is 7.98. The molecule has 1 aromatic carbocycles. The van der Waals surface area contributed by atoms with Crippen LogP contribution in [0.4, 0.5) is 5.69 Å². The summed E-state index contributed by atoms with van der Waals surface area (Å²) in [5.74, 6) is -0.342. The monoisotopic (exact) mass is 371 g/mol. The smallest absolute Gasteiger partial charge is 0.267 e. The van der Waals surface area contributed by atoms with E-state index < -0.39 is 0 Å². The number of fused-ring (bicyclic) bond motifs is 1. The van der Waals surface area contributed by atoms with Gasteiger partial charge in [0.05, 0.1) is 16.9 Å². The number of pyridine rings is 2. The maximum absolute atomic E-state index is 12.5. The molecule has 28 heavy (non-hydrogen) atoms. The summed E-state index contributed by atoms with van der Waals surface area (Å²) in [6, 6.07) is 16.0. The molecule has 0 aliphatic rings. The van der Waals surface area contributed by atoms with Gasteiger partial charge < -0.3 is 5.32 Å². The number of carbonyl (C=O) groups excluding carboxylic acids is 1. The lowest BCUT2D eigenvalue weighted by Crippen LogP contribution is -2.29. The van der Waals surface area contributed by atoms with Gasteiger partial charge in [0.15, 0.2) is 0 Å². The van der Waals surface area contributed by atoms with Gasteiger partial charge in [-0.05, 0) is 49.4 Å². The predicted octanol–water partition coefficient (Wildman–Crippen LogP) is 2.80. The normalized spacial score (nSPS) is 10.8. The lowest BCUT2D eigenvalue weighted by molar-refractivity contribution is -0.117. The number of hydrogen-bond acceptors (Lipinski definition) is 5. The molecule has 0 saturated heterocycles. The zero-order valence-corrected chi connectivity index (χ0v) is 15.2. The van der Waals surface area contributed by atoms with Crippen LogP contribution in [-0.4, -0.2) is 25.7 Å². The SMILES string of the molecule is Cc1ccc2c(NC(=O)Cn3nc(-c4cccnc4)ccc3=O)cccc2n1. The number of anilines is 1. The summed E-state index contributed by atoms with van der Waals surface area (Å²) in [5.41, 5.74) is 3.34. The molecule has 3 heterocycles. The van der Waals surface area contributed by atoms with Crippen LogP contribution in [-0.2, 0) is 11.3 Å². The van der Waals surface area contributed by atoms with Gasteiger partial charge >= 0.3 is 0 Å². The first-order valence-corrected chi connectivity index (χ1v) is 8.75. The third-order valence-electron chi connectivity index (χ3n) is 4.26. The fourth-order valence-corrected chi connectivity index (χ4v) is 2.92. The Morgan fingerprint density at radius 1 is 1.07 bits per heavy atom. The van der Waals surface area contributed by atoms with Crippen LogP contribution in [0, 0.1) is 6.92 Å². The molecule has 0 fully saturated rings. The van der Waals surface area contributed by atoms with E-state index in [1.165, 1.54) is 6.07 Å². The molecule has 7 heteroatoms. The Hall–Kier alpha value is -3.87. The van der Waals surface area contributed by atoms with Crippen LogP contribution in [0.15, 0.2) is 71.8 Å². The molecule has 0 spiro atoms. The minimum atomic E-state index is -0.349. The Bertz CT molecular complexity index is 1220. The highest BCUT2D eigenvalue weighted by molar-refractivity contribution is 6.00. The number of hydrogen-bond donors (Lipinski definition) is 1. The van der Waals surface area contributed by atoms with Crippen molar-refractivity contribution in [2.45, 2.75) is 13.5 Å². The van der Waals surface area contributed by atoms with Crippen molar-refractivity contribution in [2.75, 3.05) is 5.32 Å². The quantitative estimate of drug-likeness (QED) is 0.596. The number of carbonyl (C=O) groups is 1. The fraction of sp³-hybridized carbons (Fsp3) is 0.0952. The van der Waals surface area contributed by atoms with E-state index in [0.717, 1.165) is 26.8 Å². The zero-order valence-electron chi connectivity index (χ0n) is 15.2. The van der Waals surface area contributed by atoms with Crippen molar-refractivity contribution in [1.82, 2.24) is 19.7 Å². The standard InChI is InChI=1S/C21H17N5O2/c1-14-7-8-16-18(23-14)5-2-6-19(16)24-20(27)13-26-21(28)10-9-17(25-26)15-4-3-11-22-12-15/h2-12H,13H2,1H3,(H,24,27). The molecule has 4 aromatic rings. The molecule has 0 aliphatic carbocycles. The third-order valence-corrected chi connectivity index (χ3v) is 4.26. The van der Waals surface area contributed by atoms with E-state index in [2.05, 4.69) is 20.4 Å². The Morgan fingerprint density at radius 2 is 1.96 bits per heavy atom. The largest absolute Gasteiger partial charge is 0.324 e. The van der Waals surface area contributed by atoms with E-state index in [1.807, 2.05) is 37.3 Å². The first-order valence-electron chi connectivity index (χ1n) is 8.75. The van der Waals surface area contributed by atoms with Gasteiger partial charge in [-0.2, -0.15) is 5.10 Å². The van der Waals surface area contributed by atoms with Crippen molar-refractivity contribution in [2.24, 2.45) is 0 Å². The topological polar surface area (TPSA) is 89.8 Å². The van der Waals surface area contributed by atoms with Crippen molar-refractivity contribution in [1.29, 1.82) is 0 Å². The molecular formula is C21H17N5O2. The van der Waals surface area contributed by atoms with Crippen molar-refractivity contribution < 1.29 is 4.79 Å². The van der Waals surface area contributed by atoms with Gasteiger partial charge in [-0.3, -0.25) is 19.6 Å². The van der Waals surface area contributed by atoms with Gasteiger partial charge in [0.1, 0.15) is 6.54 Å². The predicted molar refractivity (Wildman–Crippen MR) is 107 cm³/mol. The van der Waals surface area contributed by atoms with Crippen molar-refractivity contribution in [3.05, 3.63) is 83.0 Å². The number of rotatable bonds is 4. The lowest BCUT2D eigenvalue weighted by Gasteiger charge is -2.10. The van der Waals surface area contributed by atoms with Crippen molar-refractivity contribution in [3.63, 3.8) is 0 Å². The number of nitrogens with zero attached hydrogens (tertiary/aromatic N) is 4. The molecule has 0 radical (unpaired) electrons. The molecule has 4 rings (SSSR count). The second-order valence-electron chi connectivity index (χ2n) is 6.33. The Kier molecular flexibility index (Phi) is 4.63. The van der Waals surface area contributed by atoms with Gasteiger partial charge in [0.2, 0.25) is 5.91 Å². The van der Waals surface area contributed by atoms with E-state index in [1.54, 1.807) is 30.6 Å². The van der Waals surface area contributed by atoms with Gasteiger partial charge in [0.25, 0.3) is 5.56 Å². The van der Waals surface area contributed by atoms with E-state index in [0.29, 0.717) is 11.4 Å². The van der Waals surface area contributed by atoms with Crippen LogP contribution < -0.4 is 10.9 Å². The molecule has 138 valence electrons. The van der Waals surface area contributed by atoms with Gasteiger partial charge in [-0.25, -0.2) is 4.68 Å². The molecule has 0 atom stereocenters. The van der Waals surface area contributed by atoms with E-state index >= 15 is 0 Å². The third kappa shape index (κ3) is 3.64. The highest BCUT2D eigenvalue weighted by Crippen LogP contribution is 2.22. The van der Waals surface area contributed by atoms with Crippen LogP contribution in [0.2, 0.25) is 0 Å². The second kappa shape index (κ2) is 7.40. The molecule has 1 amide bonds. The van der Waals surface area contributed by atoms with Crippen LogP contribution in [0.25, 0.3) is 22.2 Å². The molecular weight excluding hydrogens is 354 g/mol. The number of amides is 1. The number of benzene rings is 1. The lowest BCUT2D eigenvalue weighted by atomic mass is 10.1. The number of nitrogens with one attached hydrogen (secondary N) is 1. The van der Waals surface area contributed by atoms with Crippen LogP contribution in [0.1, 0.15) is 5.69 Å². The summed E-state index contributed by atoms with van der Waals surface area (Å²) >= 11 is 0. The zero-order chi connectivity index (χ0) is 19.5. The highest BCUT2D eigenvalue weighted by atomic mass is 16.2. The van der Waals surface area contributed by atoms with Gasteiger partial charge in [0, 0.05) is 35.1 Å². The average Bonchev–Trinajstić information content (AvgIpc) is 2.70. The number of aromatic nitrogens is 4. The summed E-state index contributed by atoms with van der Waals surface area (Å²) in [6.07, 6.45) is 3.32.